The number of benzene rings is 1. The molecule has 2 rings (SSSR count). The van der Waals surface area contributed by atoms with E-state index < -0.39 is 11.7 Å². The number of anilines is 1. The summed E-state index contributed by atoms with van der Waals surface area (Å²) in [6.45, 7) is 3.35. The number of rotatable bonds is 5. The number of carbonyl (C=O) groups is 1. The fourth-order valence-corrected chi connectivity index (χ4v) is 3.18. The van der Waals surface area contributed by atoms with Crippen molar-refractivity contribution < 1.29 is 9.18 Å². The van der Waals surface area contributed by atoms with Gasteiger partial charge < -0.3 is 16.4 Å². The summed E-state index contributed by atoms with van der Waals surface area (Å²) in [6, 6.07) is 4.71. The van der Waals surface area contributed by atoms with E-state index in [9.17, 15) is 9.18 Å². The molecule has 1 aliphatic rings. The molecule has 0 aromatic heterocycles. The van der Waals surface area contributed by atoms with Gasteiger partial charge in [0.05, 0.1) is 5.69 Å². The van der Waals surface area contributed by atoms with Crippen LogP contribution in [0.1, 0.15) is 36.5 Å². The van der Waals surface area contributed by atoms with Gasteiger partial charge in [0.1, 0.15) is 5.82 Å². The molecule has 0 heterocycles. The van der Waals surface area contributed by atoms with Crippen LogP contribution >= 0.6 is 0 Å². The predicted molar refractivity (Wildman–Crippen MR) is 78.1 cm³/mol. The first-order valence-electron chi connectivity index (χ1n) is 7.14. The SMILES string of the molecule is CCN(c1ccc(C(N)=O)cc1F)C1CCCC1CN. The number of hydrogen-bond donors (Lipinski definition) is 2. The molecule has 1 fully saturated rings. The molecule has 5 heteroatoms. The lowest BCUT2D eigenvalue weighted by Crippen LogP contribution is -2.40. The van der Waals surface area contributed by atoms with Crippen molar-refractivity contribution in [3.8, 4) is 0 Å². The number of halogens is 1. The Morgan fingerprint density at radius 3 is 2.75 bits per heavy atom. The van der Waals surface area contributed by atoms with Gasteiger partial charge in [-0.3, -0.25) is 4.79 Å². The average molecular weight is 279 g/mol. The molecule has 2 unspecified atom stereocenters. The molecule has 2 atom stereocenters. The zero-order valence-electron chi connectivity index (χ0n) is 11.8. The Hall–Kier alpha value is -1.62. The Kier molecular flexibility index (Phi) is 4.60. The summed E-state index contributed by atoms with van der Waals surface area (Å²) >= 11 is 0. The van der Waals surface area contributed by atoms with Gasteiger partial charge in [0.15, 0.2) is 0 Å². The van der Waals surface area contributed by atoms with Gasteiger partial charge in [-0.05, 0) is 50.4 Å². The van der Waals surface area contributed by atoms with Crippen LogP contribution in [-0.2, 0) is 0 Å². The van der Waals surface area contributed by atoms with Crippen LogP contribution in [0.3, 0.4) is 0 Å². The van der Waals surface area contributed by atoms with Crippen molar-refractivity contribution in [2.75, 3.05) is 18.0 Å². The lowest BCUT2D eigenvalue weighted by atomic mass is 10.0. The quantitative estimate of drug-likeness (QED) is 0.864. The summed E-state index contributed by atoms with van der Waals surface area (Å²) in [5.41, 5.74) is 11.7. The second kappa shape index (κ2) is 6.22. The summed E-state index contributed by atoms with van der Waals surface area (Å²) in [4.78, 5) is 13.1. The van der Waals surface area contributed by atoms with E-state index in [4.69, 9.17) is 11.5 Å². The fourth-order valence-electron chi connectivity index (χ4n) is 3.18. The maximum Gasteiger partial charge on any atom is 0.248 e. The Bertz CT molecular complexity index is 492. The minimum absolute atomic E-state index is 0.198. The van der Waals surface area contributed by atoms with Crippen LogP contribution in [0.25, 0.3) is 0 Å². The minimum atomic E-state index is -0.612. The molecule has 0 aliphatic heterocycles. The van der Waals surface area contributed by atoms with Crippen LogP contribution in [0.5, 0.6) is 0 Å². The second-order valence-electron chi connectivity index (χ2n) is 5.31. The molecule has 0 bridgehead atoms. The van der Waals surface area contributed by atoms with Crippen LogP contribution in [0.4, 0.5) is 10.1 Å². The molecule has 4 N–H and O–H groups in total. The van der Waals surface area contributed by atoms with Crippen molar-refractivity contribution in [1.29, 1.82) is 0 Å². The summed E-state index contributed by atoms with van der Waals surface area (Å²) in [5, 5.41) is 0. The van der Waals surface area contributed by atoms with E-state index in [1.165, 1.54) is 6.07 Å². The van der Waals surface area contributed by atoms with E-state index in [-0.39, 0.29) is 11.6 Å². The third kappa shape index (κ3) is 2.77. The number of hydrogen-bond acceptors (Lipinski definition) is 3. The first-order valence-corrected chi connectivity index (χ1v) is 7.14. The normalized spacial score (nSPS) is 21.9. The highest BCUT2D eigenvalue weighted by molar-refractivity contribution is 5.93. The van der Waals surface area contributed by atoms with Gasteiger partial charge in [-0.2, -0.15) is 0 Å². The van der Waals surface area contributed by atoms with E-state index in [0.29, 0.717) is 24.7 Å². The minimum Gasteiger partial charge on any atom is -0.366 e. The summed E-state index contributed by atoms with van der Waals surface area (Å²) < 4.78 is 14.3. The maximum atomic E-state index is 14.3. The van der Waals surface area contributed by atoms with E-state index in [2.05, 4.69) is 4.90 Å². The zero-order valence-corrected chi connectivity index (χ0v) is 11.8. The van der Waals surface area contributed by atoms with E-state index in [0.717, 1.165) is 19.3 Å². The number of carbonyl (C=O) groups excluding carboxylic acids is 1. The molecular formula is C15H22FN3O. The molecule has 0 saturated heterocycles. The van der Waals surface area contributed by atoms with Gasteiger partial charge in [-0.25, -0.2) is 4.39 Å². The molecule has 110 valence electrons. The number of nitrogens with zero attached hydrogens (tertiary/aromatic N) is 1. The van der Waals surface area contributed by atoms with Gasteiger partial charge in [0, 0.05) is 18.2 Å². The van der Waals surface area contributed by atoms with Crippen molar-refractivity contribution in [3.05, 3.63) is 29.6 Å². The van der Waals surface area contributed by atoms with Crippen LogP contribution < -0.4 is 16.4 Å². The highest BCUT2D eigenvalue weighted by Gasteiger charge is 2.31. The van der Waals surface area contributed by atoms with Crippen LogP contribution in [0, 0.1) is 11.7 Å². The summed E-state index contributed by atoms with van der Waals surface area (Å²) in [6.07, 6.45) is 3.26. The highest BCUT2D eigenvalue weighted by Crippen LogP contribution is 2.33. The molecule has 1 saturated carbocycles. The summed E-state index contributed by atoms with van der Waals surface area (Å²) in [5.74, 6) is -0.602. The topological polar surface area (TPSA) is 72.3 Å². The lowest BCUT2D eigenvalue weighted by Gasteiger charge is -2.34. The van der Waals surface area contributed by atoms with Gasteiger partial charge in [-0.1, -0.05) is 6.42 Å². The second-order valence-corrected chi connectivity index (χ2v) is 5.31. The number of primary amides is 1. The fraction of sp³-hybridized carbons (Fsp3) is 0.533. The van der Waals surface area contributed by atoms with Crippen molar-refractivity contribution in [2.45, 2.75) is 32.2 Å². The molecule has 1 aliphatic carbocycles. The number of amides is 1. The van der Waals surface area contributed by atoms with Crippen LogP contribution in [-0.4, -0.2) is 25.0 Å². The van der Waals surface area contributed by atoms with Crippen LogP contribution in [0.2, 0.25) is 0 Å². The molecule has 20 heavy (non-hydrogen) atoms. The first kappa shape index (κ1) is 14.8. The van der Waals surface area contributed by atoms with E-state index in [1.807, 2.05) is 6.92 Å². The van der Waals surface area contributed by atoms with Crippen molar-refractivity contribution in [3.63, 3.8) is 0 Å². The Labute approximate surface area is 118 Å². The molecule has 1 aromatic rings. The van der Waals surface area contributed by atoms with Crippen molar-refractivity contribution in [1.82, 2.24) is 0 Å². The third-order valence-electron chi connectivity index (χ3n) is 4.20. The predicted octanol–water partition coefficient (Wildman–Crippen LogP) is 1.88. The van der Waals surface area contributed by atoms with Gasteiger partial charge >= 0.3 is 0 Å². The monoisotopic (exact) mass is 279 g/mol. The standard InChI is InChI=1S/C15H22FN3O/c1-2-19(13-5-3-4-11(13)9-17)14-7-6-10(15(18)20)8-12(14)16/h6-8,11,13H,2-5,9,17H2,1H3,(H2,18,20). The molecule has 1 aromatic carbocycles. The maximum absolute atomic E-state index is 14.3. The smallest absolute Gasteiger partial charge is 0.248 e. The van der Waals surface area contributed by atoms with Gasteiger partial charge in [-0.15, -0.1) is 0 Å². The zero-order chi connectivity index (χ0) is 14.7. The molecule has 0 radical (unpaired) electrons. The number of nitrogens with two attached hydrogens (primary N) is 2. The first-order chi connectivity index (χ1) is 9.58. The molecule has 4 nitrogen and oxygen atoms in total. The van der Waals surface area contributed by atoms with Crippen molar-refractivity contribution >= 4 is 11.6 Å². The van der Waals surface area contributed by atoms with Crippen LogP contribution in [0.15, 0.2) is 18.2 Å². The largest absolute Gasteiger partial charge is 0.366 e. The van der Waals surface area contributed by atoms with E-state index in [1.54, 1.807) is 12.1 Å². The Morgan fingerprint density at radius 1 is 1.45 bits per heavy atom. The Balaban J connectivity index is 2.30. The summed E-state index contributed by atoms with van der Waals surface area (Å²) in [7, 11) is 0. The molecular weight excluding hydrogens is 257 g/mol. The third-order valence-corrected chi connectivity index (χ3v) is 4.20. The molecule has 1 amide bonds. The van der Waals surface area contributed by atoms with Crippen molar-refractivity contribution in [2.24, 2.45) is 17.4 Å². The Morgan fingerprint density at radius 2 is 2.20 bits per heavy atom. The van der Waals surface area contributed by atoms with Gasteiger partial charge in [0.25, 0.3) is 0 Å². The lowest BCUT2D eigenvalue weighted by molar-refractivity contribution is 0.1000. The highest BCUT2D eigenvalue weighted by atomic mass is 19.1. The average Bonchev–Trinajstić information content (AvgIpc) is 2.89. The van der Waals surface area contributed by atoms with E-state index >= 15 is 0 Å². The van der Waals surface area contributed by atoms with Gasteiger partial charge in [0.2, 0.25) is 5.91 Å². The molecule has 0 spiro atoms.